The third kappa shape index (κ3) is 6.20. The van der Waals surface area contributed by atoms with E-state index in [0.717, 1.165) is 35.4 Å². The van der Waals surface area contributed by atoms with Gasteiger partial charge in [0.2, 0.25) is 11.0 Å². The molecule has 0 aliphatic heterocycles. The molecule has 0 bridgehead atoms. The highest BCUT2D eigenvalue weighted by Crippen LogP contribution is 2.24. The zero-order valence-corrected chi connectivity index (χ0v) is 12.5. The van der Waals surface area contributed by atoms with Crippen molar-refractivity contribution in [3.8, 4) is 0 Å². The normalized spacial score (nSPS) is 10.3. The zero-order chi connectivity index (χ0) is 13.2. The van der Waals surface area contributed by atoms with Crippen LogP contribution in [0.2, 0.25) is 0 Å². The van der Waals surface area contributed by atoms with E-state index in [1.165, 1.54) is 29.5 Å². The maximum Gasteiger partial charge on any atom is 0.230 e. The summed E-state index contributed by atoms with van der Waals surface area (Å²) in [7, 11) is 0. The fraction of sp³-hybridized carbons (Fsp3) is 0.727. The van der Waals surface area contributed by atoms with Crippen LogP contribution in [-0.2, 0) is 4.79 Å². The summed E-state index contributed by atoms with van der Waals surface area (Å²) in [5.74, 6) is 0.476. The highest BCUT2D eigenvalue weighted by molar-refractivity contribution is 8.01. The van der Waals surface area contributed by atoms with E-state index in [4.69, 9.17) is 0 Å². The average Bonchev–Trinajstić information content (AvgIpc) is 2.80. The first-order valence-corrected chi connectivity index (χ1v) is 8.03. The van der Waals surface area contributed by atoms with E-state index in [1.54, 1.807) is 0 Å². The van der Waals surface area contributed by atoms with Crippen molar-refractivity contribution >= 4 is 34.1 Å². The molecule has 5 nitrogen and oxygen atoms in total. The number of carbonyl (C=O) groups is 1. The van der Waals surface area contributed by atoms with Crippen molar-refractivity contribution in [2.75, 3.05) is 24.2 Å². The van der Waals surface area contributed by atoms with Gasteiger partial charge in [-0.05, 0) is 13.3 Å². The van der Waals surface area contributed by atoms with Crippen LogP contribution in [0.25, 0.3) is 0 Å². The van der Waals surface area contributed by atoms with E-state index >= 15 is 0 Å². The number of nitrogens with one attached hydrogen (secondary N) is 2. The summed E-state index contributed by atoms with van der Waals surface area (Å²) >= 11 is 2.91. The quantitative estimate of drug-likeness (QED) is 0.539. The predicted molar refractivity (Wildman–Crippen MR) is 77.3 cm³/mol. The van der Waals surface area contributed by atoms with Crippen LogP contribution in [-0.4, -0.2) is 34.9 Å². The Kier molecular flexibility index (Phi) is 7.75. The Balaban J connectivity index is 2.16. The Labute approximate surface area is 116 Å². The standard InChI is InChI=1S/C11H20N4OS2/c1-3-5-6-7-13-9(16)8-17-11-15-14-10(18-11)12-4-2/h3-8H2,1-2H3,(H,12,14)(H,13,16). The maximum atomic E-state index is 11.5. The second kappa shape index (κ2) is 9.16. The first-order chi connectivity index (χ1) is 8.76. The second-order valence-electron chi connectivity index (χ2n) is 3.75. The number of unbranched alkanes of at least 4 members (excludes halogenated alkanes) is 2. The van der Waals surface area contributed by atoms with Gasteiger partial charge in [-0.1, -0.05) is 42.9 Å². The molecule has 2 N–H and O–H groups in total. The number of rotatable bonds is 9. The minimum atomic E-state index is 0.0660. The number of anilines is 1. The Morgan fingerprint density at radius 3 is 2.89 bits per heavy atom. The van der Waals surface area contributed by atoms with E-state index in [9.17, 15) is 4.79 Å². The number of hydrogen-bond donors (Lipinski definition) is 2. The lowest BCUT2D eigenvalue weighted by Gasteiger charge is -2.02. The van der Waals surface area contributed by atoms with Crippen LogP contribution in [0.3, 0.4) is 0 Å². The largest absolute Gasteiger partial charge is 0.360 e. The van der Waals surface area contributed by atoms with Crippen molar-refractivity contribution in [2.45, 2.75) is 37.4 Å². The summed E-state index contributed by atoms with van der Waals surface area (Å²) in [5, 5.41) is 14.8. The first kappa shape index (κ1) is 15.2. The summed E-state index contributed by atoms with van der Waals surface area (Å²) in [4.78, 5) is 11.5. The van der Waals surface area contributed by atoms with Crippen molar-refractivity contribution in [3.05, 3.63) is 0 Å². The maximum absolute atomic E-state index is 11.5. The number of aromatic nitrogens is 2. The molecule has 1 heterocycles. The van der Waals surface area contributed by atoms with E-state index in [-0.39, 0.29) is 5.91 Å². The molecule has 0 saturated carbocycles. The van der Waals surface area contributed by atoms with Gasteiger partial charge in [-0.3, -0.25) is 4.79 Å². The van der Waals surface area contributed by atoms with Crippen molar-refractivity contribution < 1.29 is 4.79 Å². The van der Waals surface area contributed by atoms with Gasteiger partial charge in [-0.15, -0.1) is 10.2 Å². The summed E-state index contributed by atoms with van der Waals surface area (Å²) < 4.78 is 0.828. The number of thioether (sulfide) groups is 1. The van der Waals surface area contributed by atoms with Crippen LogP contribution in [0.15, 0.2) is 4.34 Å². The van der Waals surface area contributed by atoms with Gasteiger partial charge in [0.25, 0.3) is 0 Å². The summed E-state index contributed by atoms with van der Waals surface area (Å²) in [5.41, 5.74) is 0. The van der Waals surface area contributed by atoms with Crippen molar-refractivity contribution in [3.63, 3.8) is 0 Å². The van der Waals surface area contributed by atoms with Crippen LogP contribution in [0.1, 0.15) is 33.1 Å². The SMILES string of the molecule is CCCCCNC(=O)CSc1nnc(NCC)s1. The Morgan fingerprint density at radius 2 is 2.17 bits per heavy atom. The zero-order valence-electron chi connectivity index (χ0n) is 10.9. The molecule has 0 atom stereocenters. The first-order valence-electron chi connectivity index (χ1n) is 6.23. The van der Waals surface area contributed by atoms with E-state index in [2.05, 4.69) is 27.8 Å². The van der Waals surface area contributed by atoms with E-state index in [0.29, 0.717) is 5.75 Å². The van der Waals surface area contributed by atoms with Crippen molar-refractivity contribution in [1.29, 1.82) is 0 Å². The van der Waals surface area contributed by atoms with Gasteiger partial charge < -0.3 is 10.6 Å². The van der Waals surface area contributed by atoms with Crippen LogP contribution in [0.4, 0.5) is 5.13 Å². The molecule has 0 saturated heterocycles. The molecule has 1 amide bonds. The fourth-order valence-corrected chi connectivity index (χ4v) is 2.92. The smallest absolute Gasteiger partial charge is 0.230 e. The topological polar surface area (TPSA) is 66.9 Å². The Hall–Kier alpha value is -0.820. The summed E-state index contributed by atoms with van der Waals surface area (Å²) in [6.07, 6.45) is 3.38. The van der Waals surface area contributed by atoms with Crippen LogP contribution >= 0.6 is 23.1 Å². The molecule has 1 aromatic rings. The van der Waals surface area contributed by atoms with Gasteiger partial charge in [0.05, 0.1) is 5.75 Å². The molecule has 0 aliphatic rings. The third-order valence-electron chi connectivity index (χ3n) is 2.16. The van der Waals surface area contributed by atoms with Gasteiger partial charge in [-0.25, -0.2) is 0 Å². The molecule has 18 heavy (non-hydrogen) atoms. The van der Waals surface area contributed by atoms with Gasteiger partial charge in [0.1, 0.15) is 0 Å². The molecule has 1 aromatic heterocycles. The lowest BCUT2D eigenvalue weighted by Crippen LogP contribution is -2.26. The molecule has 102 valence electrons. The highest BCUT2D eigenvalue weighted by Gasteiger charge is 2.07. The molecule has 0 aromatic carbocycles. The molecule has 0 spiro atoms. The lowest BCUT2D eigenvalue weighted by atomic mass is 10.2. The second-order valence-corrected chi connectivity index (χ2v) is 5.95. The third-order valence-corrected chi connectivity index (χ3v) is 4.18. The summed E-state index contributed by atoms with van der Waals surface area (Å²) in [6.45, 7) is 5.76. The van der Waals surface area contributed by atoms with E-state index in [1.807, 2.05) is 6.92 Å². The fourth-order valence-electron chi connectivity index (χ4n) is 1.27. The minimum Gasteiger partial charge on any atom is -0.360 e. The minimum absolute atomic E-state index is 0.0660. The van der Waals surface area contributed by atoms with Crippen LogP contribution < -0.4 is 10.6 Å². The van der Waals surface area contributed by atoms with Gasteiger partial charge in [0.15, 0.2) is 4.34 Å². The van der Waals surface area contributed by atoms with Crippen molar-refractivity contribution in [1.82, 2.24) is 15.5 Å². The molecule has 1 rings (SSSR count). The number of carbonyl (C=O) groups excluding carboxylic acids is 1. The molecule has 0 aliphatic carbocycles. The Morgan fingerprint density at radius 1 is 1.33 bits per heavy atom. The molecular weight excluding hydrogens is 268 g/mol. The molecule has 0 radical (unpaired) electrons. The predicted octanol–water partition coefficient (Wildman–Crippen LogP) is 2.37. The van der Waals surface area contributed by atoms with Gasteiger partial charge >= 0.3 is 0 Å². The molecule has 0 fully saturated rings. The van der Waals surface area contributed by atoms with Gasteiger partial charge in [0, 0.05) is 13.1 Å². The number of amides is 1. The number of hydrogen-bond acceptors (Lipinski definition) is 6. The lowest BCUT2D eigenvalue weighted by molar-refractivity contribution is -0.118. The molecular formula is C11H20N4OS2. The summed E-state index contributed by atoms with van der Waals surface area (Å²) in [6, 6.07) is 0. The number of nitrogens with zero attached hydrogens (tertiary/aromatic N) is 2. The van der Waals surface area contributed by atoms with Crippen molar-refractivity contribution in [2.24, 2.45) is 0 Å². The Bertz CT molecular complexity index is 357. The van der Waals surface area contributed by atoms with E-state index < -0.39 is 0 Å². The molecule has 0 unspecified atom stereocenters. The van der Waals surface area contributed by atoms with Crippen LogP contribution in [0, 0.1) is 0 Å². The highest BCUT2D eigenvalue weighted by atomic mass is 32.2. The molecule has 7 heteroatoms. The average molecular weight is 288 g/mol. The van der Waals surface area contributed by atoms with Gasteiger partial charge in [-0.2, -0.15) is 0 Å². The monoisotopic (exact) mass is 288 g/mol. The van der Waals surface area contributed by atoms with Crippen LogP contribution in [0.5, 0.6) is 0 Å².